The molecule has 0 unspecified atom stereocenters. The molecule has 0 radical (unpaired) electrons. The van der Waals surface area contributed by atoms with Gasteiger partial charge >= 0.3 is 0 Å². The molecule has 0 fully saturated rings. The van der Waals surface area contributed by atoms with Crippen LogP contribution in [0.5, 0.6) is 11.5 Å². The highest BCUT2D eigenvalue weighted by molar-refractivity contribution is 6.30. The highest BCUT2D eigenvalue weighted by Crippen LogP contribution is 2.25. The third-order valence-electron chi connectivity index (χ3n) is 2.13. The number of pyridine rings is 1. The standard InChI is InChI=1S/C12H10ClFN2O/c13-11-5-9(3-4-12(11)14)17-10-2-1-8(6-15)16-7-10/h1-5,7H,6,15H2. The third kappa shape index (κ3) is 2.93. The van der Waals surface area contributed by atoms with Crippen molar-refractivity contribution >= 4 is 11.6 Å². The Kier molecular flexibility index (Phi) is 3.56. The van der Waals surface area contributed by atoms with Crippen LogP contribution in [0.3, 0.4) is 0 Å². The van der Waals surface area contributed by atoms with E-state index in [0.717, 1.165) is 5.69 Å². The number of hydrogen-bond donors (Lipinski definition) is 1. The number of halogens is 2. The lowest BCUT2D eigenvalue weighted by atomic mass is 10.3. The zero-order valence-electron chi connectivity index (χ0n) is 8.86. The van der Waals surface area contributed by atoms with Crippen molar-refractivity contribution in [3.05, 3.63) is 53.1 Å². The number of nitrogens with two attached hydrogens (primary N) is 1. The summed E-state index contributed by atoms with van der Waals surface area (Å²) >= 11 is 5.64. The lowest BCUT2D eigenvalue weighted by molar-refractivity contribution is 0.478. The topological polar surface area (TPSA) is 48.1 Å². The molecule has 0 aliphatic heterocycles. The molecule has 0 bridgehead atoms. The molecule has 0 aliphatic rings. The van der Waals surface area contributed by atoms with E-state index in [1.807, 2.05) is 0 Å². The molecule has 3 nitrogen and oxygen atoms in total. The van der Waals surface area contributed by atoms with Crippen molar-refractivity contribution < 1.29 is 9.13 Å². The van der Waals surface area contributed by atoms with Gasteiger partial charge in [-0.3, -0.25) is 4.98 Å². The van der Waals surface area contributed by atoms with Gasteiger partial charge in [-0.05, 0) is 24.3 Å². The van der Waals surface area contributed by atoms with E-state index in [1.165, 1.54) is 18.2 Å². The molecule has 2 aromatic rings. The van der Waals surface area contributed by atoms with Crippen molar-refractivity contribution in [3.8, 4) is 11.5 Å². The number of ether oxygens (including phenoxy) is 1. The maximum absolute atomic E-state index is 12.9. The highest BCUT2D eigenvalue weighted by atomic mass is 35.5. The highest BCUT2D eigenvalue weighted by Gasteiger charge is 2.03. The van der Waals surface area contributed by atoms with E-state index in [-0.39, 0.29) is 5.02 Å². The molecule has 0 aliphatic carbocycles. The van der Waals surface area contributed by atoms with Gasteiger partial charge in [0.1, 0.15) is 17.3 Å². The molecule has 2 N–H and O–H groups in total. The van der Waals surface area contributed by atoms with Gasteiger partial charge in [0.2, 0.25) is 0 Å². The van der Waals surface area contributed by atoms with Crippen LogP contribution in [-0.2, 0) is 6.54 Å². The Hall–Kier alpha value is -1.65. The first-order valence-corrected chi connectivity index (χ1v) is 5.35. The molecule has 17 heavy (non-hydrogen) atoms. The summed E-state index contributed by atoms with van der Waals surface area (Å²) < 4.78 is 18.4. The molecule has 0 saturated heterocycles. The van der Waals surface area contributed by atoms with Gasteiger partial charge in [0, 0.05) is 12.6 Å². The SMILES string of the molecule is NCc1ccc(Oc2ccc(F)c(Cl)c2)cn1. The minimum Gasteiger partial charge on any atom is -0.456 e. The molecule has 0 atom stereocenters. The van der Waals surface area contributed by atoms with E-state index in [0.29, 0.717) is 18.0 Å². The van der Waals surface area contributed by atoms with Crippen LogP contribution in [0.4, 0.5) is 4.39 Å². The van der Waals surface area contributed by atoms with E-state index in [4.69, 9.17) is 22.1 Å². The Bertz CT molecular complexity index is 516. The molecule has 0 saturated carbocycles. The minimum atomic E-state index is -0.476. The predicted molar refractivity (Wildman–Crippen MR) is 63.6 cm³/mol. The van der Waals surface area contributed by atoms with Crippen LogP contribution in [0.25, 0.3) is 0 Å². The lowest BCUT2D eigenvalue weighted by Gasteiger charge is -2.06. The van der Waals surface area contributed by atoms with Gasteiger partial charge < -0.3 is 10.5 Å². The Balaban J connectivity index is 2.16. The van der Waals surface area contributed by atoms with Gasteiger partial charge in [-0.1, -0.05) is 11.6 Å². The van der Waals surface area contributed by atoms with E-state index >= 15 is 0 Å². The number of rotatable bonds is 3. The fraction of sp³-hybridized carbons (Fsp3) is 0.0833. The molecular weight excluding hydrogens is 243 g/mol. The summed E-state index contributed by atoms with van der Waals surface area (Å²) in [6, 6.07) is 7.66. The summed E-state index contributed by atoms with van der Waals surface area (Å²) in [5.41, 5.74) is 6.20. The van der Waals surface area contributed by atoms with Gasteiger partial charge in [0.25, 0.3) is 0 Å². The molecule has 1 heterocycles. The van der Waals surface area contributed by atoms with Crippen molar-refractivity contribution in [2.45, 2.75) is 6.54 Å². The molecule has 0 spiro atoms. The van der Waals surface area contributed by atoms with E-state index in [2.05, 4.69) is 4.98 Å². The molecular formula is C12H10ClFN2O. The largest absolute Gasteiger partial charge is 0.456 e. The Labute approximate surface area is 103 Å². The summed E-state index contributed by atoms with van der Waals surface area (Å²) in [5, 5.41) is 0.0223. The number of nitrogens with zero attached hydrogens (tertiary/aromatic N) is 1. The number of hydrogen-bond acceptors (Lipinski definition) is 3. The first-order chi connectivity index (χ1) is 8.19. The molecule has 1 aromatic heterocycles. The predicted octanol–water partition coefficient (Wildman–Crippen LogP) is 3.13. The monoisotopic (exact) mass is 252 g/mol. The smallest absolute Gasteiger partial charge is 0.145 e. The van der Waals surface area contributed by atoms with Crippen molar-refractivity contribution in [2.75, 3.05) is 0 Å². The minimum absolute atomic E-state index is 0.0223. The van der Waals surface area contributed by atoms with Crippen LogP contribution in [0.1, 0.15) is 5.69 Å². The van der Waals surface area contributed by atoms with Crippen LogP contribution in [0.2, 0.25) is 5.02 Å². The summed E-state index contributed by atoms with van der Waals surface area (Å²) in [7, 11) is 0. The fourth-order valence-corrected chi connectivity index (χ4v) is 1.44. The van der Waals surface area contributed by atoms with Crippen molar-refractivity contribution in [2.24, 2.45) is 5.73 Å². The summed E-state index contributed by atoms with van der Waals surface area (Å²) in [6.45, 7) is 0.378. The second-order valence-corrected chi connectivity index (χ2v) is 3.77. The maximum atomic E-state index is 12.9. The van der Waals surface area contributed by atoms with E-state index < -0.39 is 5.82 Å². The summed E-state index contributed by atoms with van der Waals surface area (Å²) in [5.74, 6) is 0.527. The van der Waals surface area contributed by atoms with Gasteiger partial charge in [-0.15, -0.1) is 0 Å². The lowest BCUT2D eigenvalue weighted by Crippen LogP contribution is -1.98. The quantitative estimate of drug-likeness (QED) is 0.913. The molecule has 0 amide bonds. The second kappa shape index (κ2) is 5.12. The van der Waals surface area contributed by atoms with Crippen LogP contribution < -0.4 is 10.5 Å². The van der Waals surface area contributed by atoms with Crippen molar-refractivity contribution in [1.82, 2.24) is 4.98 Å². The Morgan fingerprint density at radius 2 is 2.00 bits per heavy atom. The fourth-order valence-electron chi connectivity index (χ4n) is 1.27. The summed E-state index contributed by atoms with van der Waals surface area (Å²) in [6.07, 6.45) is 1.56. The van der Waals surface area contributed by atoms with Gasteiger partial charge in [-0.2, -0.15) is 0 Å². The normalized spacial score (nSPS) is 10.3. The molecule has 1 aromatic carbocycles. The zero-order valence-corrected chi connectivity index (χ0v) is 9.62. The van der Waals surface area contributed by atoms with E-state index in [1.54, 1.807) is 18.3 Å². The van der Waals surface area contributed by atoms with Crippen molar-refractivity contribution in [1.29, 1.82) is 0 Å². The molecule has 88 valence electrons. The average molecular weight is 253 g/mol. The Morgan fingerprint density at radius 1 is 1.24 bits per heavy atom. The van der Waals surface area contributed by atoms with Gasteiger partial charge in [-0.25, -0.2) is 4.39 Å². The zero-order chi connectivity index (χ0) is 12.3. The Morgan fingerprint density at radius 3 is 2.59 bits per heavy atom. The third-order valence-corrected chi connectivity index (χ3v) is 2.42. The molecule has 5 heteroatoms. The number of benzene rings is 1. The van der Waals surface area contributed by atoms with Crippen LogP contribution >= 0.6 is 11.6 Å². The summed E-state index contributed by atoms with van der Waals surface area (Å²) in [4.78, 5) is 4.08. The maximum Gasteiger partial charge on any atom is 0.145 e. The van der Waals surface area contributed by atoms with Crippen LogP contribution in [-0.4, -0.2) is 4.98 Å². The van der Waals surface area contributed by atoms with Gasteiger partial charge in [0.05, 0.1) is 16.9 Å². The molecule has 2 rings (SSSR count). The van der Waals surface area contributed by atoms with Crippen LogP contribution in [0.15, 0.2) is 36.5 Å². The average Bonchev–Trinajstić information content (AvgIpc) is 2.35. The first kappa shape index (κ1) is 11.8. The second-order valence-electron chi connectivity index (χ2n) is 3.37. The van der Waals surface area contributed by atoms with E-state index in [9.17, 15) is 4.39 Å². The first-order valence-electron chi connectivity index (χ1n) is 4.97. The van der Waals surface area contributed by atoms with Crippen LogP contribution in [0, 0.1) is 5.82 Å². The van der Waals surface area contributed by atoms with Gasteiger partial charge in [0.15, 0.2) is 0 Å². The number of aromatic nitrogens is 1. The van der Waals surface area contributed by atoms with Crippen molar-refractivity contribution in [3.63, 3.8) is 0 Å².